The fraction of sp³-hybridized carbons (Fsp3) is 0.294. The molecule has 0 bridgehead atoms. The number of hydrogen-bond donors (Lipinski definition) is 1. The van der Waals surface area contributed by atoms with Crippen molar-refractivity contribution in [3.05, 3.63) is 56.6 Å². The molecule has 2 unspecified atom stereocenters. The van der Waals surface area contributed by atoms with E-state index in [2.05, 4.69) is 0 Å². The van der Waals surface area contributed by atoms with E-state index < -0.39 is 35.7 Å². The molecule has 152 valence electrons. The molecular formula is C17H16ClF3NO5P. The summed E-state index contributed by atoms with van der Waals surface area (Å²) < 4.78 is 55.5. The fourth-order valence-electron chi connectivity index (χ4n) is 2.48. The van der Waals surface area contributed by atoms with Gasteiger partial charge >= 0.3 is 6.18 Å². The Hall–Kier alpha value is -2.09. The lowest BCUT2D eigenvalue weighted by Gasteiger charge is -2.18. The minimum absolute atomic E-state index is 0.0176. The molecule has 0 aromatic heterocycles. The number of nitro groups is 1. The Balaban J connectivity index is 2.59. The van der Waals surface area contributed by atoms with E-state index in [9.17, 15) is 32.7 Å². The zero-order valence-electron chi connectivity index (χ0n) is 14.7. The Morgan fingerprint density at radius 2 is 1.93 bits per heavy atom. The molecule has 2 atom stereocenters. The maximum absolute atomic E-state index is 12.8. The van der Waals surface area contributed by atoms with Crippen LogP contribution in [0, 0.1) is 10.1 Å². The SMILES string of the molecule is CCC(C)c1cc([N+](=O)[O-])c([PH](=O)O)cc1Oc1ccc(C(F)(F)F)cc1Cl. The molecule has 2 aromatic rings. The zero-order chi connectivity index (χ0) is 21.2. The molecule has 0 saturated heterocycles. The van der Waals surface area contributed by atoms with E-state index in [1.165, 1.54) is 0 Å². The molecule has 2 rings (SSSR count). The van der Waals surface area contributed by atoms with Crippen LogP contribution >= 0.6 is 19.6 Å². The number of ether oxygens (including phenoxy) is 1. The first kappa shape index (κ1) is 22.2. The fourth-order valence-corrected chi connectivity index (χ4v) is 3.33. The summed E-state index contributed by atoms with van der Waals surface area (Å²) in [5, 5.41) is 10.5. The molecule has 2 aromatic carbocycles. The van der Waals surface area contributed by atoms with Crippen LogP contribution < -0.4 is 10.0 Å². The molecule has 11 heteroatoms. The Kier molecular flexibility index (Phi) is 6.75. The summed E-state index contributed by atoms with van der Waals surface area (Å²) in [6.45, 7) is 3.59. The lowest BCUT2D eigenvalue weighted by atomic mass is 9.97. The van der Waals surface area contributed by atoms with Gasteiger partial charge < -0.3 is 9.63 Å². The van der Waals surface area contributed by atoms with Crippen molar-refractivity contribution in [1.29, 1.82) is 0 Å². The van der Waals surface area contributed by atoms with Crippen LogP contribution in [0.5, 0.6) is 11.5 Å². The van der Waals surface area contributed by atoms with Gasteiger partial charge in [0.25, 0.3) is 5.69 Å². The van der Waals surface area contributed by atoms with Crippen molar-refractivity contribution in [2.24, 2.45) is 0 Å². The van der Waals surface area contributed by atoms with Gasteiger partial charge in [-0.25, -0.2) is 0 Å². The number of hydrogen-bond acceptors (Lipinski definition) is 4. The van der Waals surface area contributed by atoms with Crippen LogP contribution in [-0.2, 0) is 10.7 Å². The topological polar surface area (TPSA) is 89.7 Å². The molecule has 0 aliphatic carbocycles. The minimum Gasteiger partial charge on any atom is -0.455 e. The Bertz CT molecular complexity index is 936. The molecule has 0 heterocycles. The summed E-state index contributed by atoms with van der Waals surface area (Å²) >= 11 is 5.90. The summed E-state index contributed by atoms with van der Waals surface area (Å²) in [4.78, 5) is 19.9. The van der Waals surface area contributed by atoms with Crippen molar-refractivity contribution in [2.75, 3.05) is 0 Å². The second-order valence-corrected chi connectivity index (χ2v) is 7.58. The van der Waals surface area contributed by atoms with Gasteiger partial charge in [0.05, 0.1) is 15.5 Å². The van der Waals surface area contributed by atoms with Gasteiger partial charge in [0.2, 0.25) is 8.03 Å². The predicted octanol–water partition coefficient (Wildman–Crippen LogP) is 5.67. The van der Waals surface area contributed by atoms with E-state index >= 15 is 0 Å². The maximum atomic E-state index is 12.8. The third kappa shape index (κ3) is 4.84. The van der Waals surface area contributed by atoms with Crippen LogP contribution in [0.2, 0.25) is 5.02 Å². The normalized spacial score (nSPS) is 13.8. The van der Waals surface area contributed by atoms with Gasteiger partial charge in [-0.05, 0) is 30.5 Å². The molecule has 1 N–H and O–H groups in total. The van der Waals surface area contributed by atoms with Crippen molar-refractivity contribution >= 4 is 30.6 Å². The third-order valence-electron chi connectivity index (χ3n) is 4.18. The third-order valence-corrected chi connectivity index (χ3v) is 5.33. The Morgan fingerprint density at radius 3 is 2.39 bits per heavy atom. The Morgan fingerprint density at radius 1 is 1.29 bits per heavy atom. The predicted molar refractivity (Wildman–Crippen MR) is 99.2 cm³/mol. The van der Waals surface area contributed by atoms with E-state index in [0.717, 1.165) is 24.3 Å². The summed E-state index contributed by atoms with van der Waals surface area (Å²) in [5.41, 5.74) is -1.11. The Labute approximate surface area is 163 Å². The van der Waals surface area contributed by atoms with Crippen molar-refractivity contribution < 1.29 is 32.3 Å². The summed E-state index contributed by atoms with van der Waals surface area (Å²) in [5.74, 6) is -0.322. The molecule has 0 aliphatic heterocycles. The van der Waals surface area contributed by atoms with Crippen molar-refractivity contribution in [3.8, 4) is 11.5 Å². The van der Waals surface area contributed by atoms with E-state index in [1.807, 2.05) is 6.92 Å². The molecular weight excluding hydrogens is 422 g/mol. The van der Waals surface area contributed by atoms with Gasteiger partial charge in [0.15, 0.2) is 0 Å². The van der Waals surface area contributed by atoms with Gasteiger partial charge in [-0.3, -0.25) is 14.7 Å². The molecule has 28 heavy (non-hydrogen) atoms. The van der Waals surface area contributed by atoms with Gasteiger partial charge in [0.1, 0.15) is 16.8 Å². The number of nitro benzene ring substituents is 1. The standard InChI is InChI=1S/C17H16ClF3NO5P/c1-3-9(2)11-7-13(22(23)24)16(28(25)26)8-15(11)27-14-5-4-10(6-12(14)18)17(19,20)21/h4-9,28H,3H2,1-2H3,(H,25,26). The monoisotopic (exact) mass is 437 g/mol. The van der Waals surface area contributed by atoms with Crippen LogP contribution in [0.25, 0.3) is 0 Å². The molecule has 0 fully saturated rings. The second kappa shape index (κ2) is 8.51. The number of alkyl halides is 3. The molecule has 0 radical (unpaired) electrons. The van der Waals surface area contributed by atoms with Crippen molar-refractivity contribution in [2.45, 2.75) is 32.4 Å². The largest absolute Gasteiger partial charge is 0.455 e. The van der Waals surface area contributed by atoms with E-state index in [4.69, 9.17) is 16.3 Å². The molecule has 0 spiro atoms. The summed E-state index contributed by atoms with van der Waals surface area (Å²) in [7, 11) is -3.44. The first-order valence-corrected chi connectivity index (χ1v) is 9.79. The highest BCUT2D eigenvalue weighted by Gasteiger charge is 2.31. The number of rotatable bonds is 6. The van der Waals surface area contributed by atoms with Crippen molar-refractivity contribution in [3.63, 3.8) is 0 Å². The summed E-state index contributed by atoms with van der Waals surface area (Å²) in [6.07, 6.45) is -4.01. The van der Waals surface area contributed by atoms with Crippen LogP contribution in [0.15, 0.2) is 30.3 Å². The smallest absolute Gasteiger partial charge is 0.416 e. The quantitative estimate of drug-likeness (QED) is 0.357. The van der Waals surface area contributed by atoms with Crippen LogP contribution in [-0.4, -0.2) is 9.82 Å². The highest BCUT2D eigenvalue weighted by Crippen LogP contribution is 2.40. The van der Waals surface area contributed by atoms with Gasteiger partial charge in [-0.1, -0.05) is 25.4 Å². The van der Waals surface area contributed by atoms with Gasteiger partial charge in [-0.15, -0.1) is 0 Å². The second-order valence-electron chi connectivity index (χ2n) is 6.02. The molecule has 0 aliphatic rings. The number of nitrogens with zero attached hydrogens (tertiary/aromatic N) is 1. The maximum Gasteiger partial charge on any atom is 0.416 e. The zero-order valence-corrected chi connectivity index (χ0v) is 16.5. The van der Waals surface area contributed by atoms with E-state index in [0.29, 0.717) is 18.1 Å². The molecule has 6 nitrogen and oxygen atoms in total. The summed E-state index contributed by atoms with van der Waals surface area (Å²) in [6, 6.07) is 4.71. The highest BCUT2D eigenvalue weighted by molar-refractivity contribution is 7.47. The van der Waals surface area contributed by atoms with Gasteiger partial charge in [0, 0.05) is 17.7 Å². The molecule has 0 saturated carbocycles. The van der Waals surface area contributed by atoms with E-state index in [-0.39, 0.29) is 22.4 Å². The van der Waals surface area contributed by atoms with Gasteiger partial charge in [-0.2, -0.15) is 13.2 Å². The average molecular weight is 438 g/mol. The lowest BCUT2D eigenvalue weighted by molar-refractivity contribution is -0.383. The first-order chi connectivity index (χ1) is 13.0. The lowest BCUT2D eigenvalue weighted by Crippen LogP contribution is -2.09. The van der Waals surface area contributed by atoms with E-state index in [1.54, 1.807) is 6.92 Å². The minimum atomic E-state index is -4.58. The highest BCUT2D eigenvalue weighted by atomic mass is 35.5. The first-order valence-electron chi connectivity index (χ1n) is 8.05. The molecule has 0 amide bonds. The number of benzene rings is 2. The number of halogens is 4. The van der Waals surface area contributed by atoms with Crippen LogP contribution in [0.4, 0.5) is 18.9 Å². The van der Waals surface area contributed by atoms with Crippen molar-refractivity contribution in [1.82, 2.24) is 0 Å². The van der Waals surface area contributed by atoms with Crippen LogP contribution in [0.1, 0.15) is 37.3 Å². The average Bonchev–Trinajstić information content (AvgIpc) is 2.61. The van der Waals surface area contributed by atoms with Crippen LogP contribution in [0.3, 0.4) is 0 Å².